The van der Waals surface area contributed by atoms with Gasteiger partial charge in [-0.3, -0.25) is 4.98 Å². The van der Waals surface area contributed by atoms with Crippen LogP contribution in [-0.4, -0.2) is 19.1 Å². The largest absolute Gasteiger partial charge is 0.378 e. The van der Waals surface area contributed by atoms with Crippen LogP contribution in [0, 0.1) is 11.3 Å². The maximum atomic E-state index is 9.24. The average molecular weight is 249 g/mol. The Kier molecular flexibility index (Phi) is 3.94. The fourth-order valence-corrected chi connectivity index (χ4v) is 1.75. The number of nitrogens with zero attached hydrogens (tertiary/aromatic N) is 3. The van der Waals surface area contributed by atoms with Crippen molar-refractivity contribution in [2.24, 2.45) is 0 Å². The van der Waals surface area contributed by atoms with Crippen molar-refractivity contribution in [3.8, 4) is 6.07 Å². The van der Waals surface area contributed by atoms with Crippen LogP contribution in [-0.2, 0) is 0 Å². The summed E-state index contributed by atoms with van der Waals surface area (Å²) in [6.45, 7) is 0. The molecule has 2 aromatic rings. The molecule has 0 aliphatic carbocycles. The summed E-state index contributed by atoms with van der Waals surface area (Å²) in [6, 6.07) is 14.0. The Morgan fingerprint density at radius 1 is 1.11 bits per heavy atom. The number of pyridine rings is 1. The summed E-state index contributed by atoms with van der Waals surface area (Å²) < 4.78 is 0. The highest BCUT2D eigenvalue weighted by Crippen LogP contribution is 2.19. The standard InChI is InChI=1S/C16H15N3/c1-19(2)16-5-3-13(4-6-16)11-15(12-17)14-7-9-18-10-8-14/h3-11H,1-2H3/b15-11-. The van der Waals surface area contributed by atoms with Crippen molar-refractivity contribution in [1.29, 1.82) is 5.26 Å². The van der Waals surface area contributed by atoms with Gasteiger partial charge in [0.1, 0.15) is 0 Å². The molecule has 0 N–H and O–H groups in total. The Bertz CT molecular complexity index is 605. The van der Waals surface area contributed by atoms with E-state index in [4.69, 9.17) is 0 Å². The highest BCUT2D eigenvalue weighted by molar-refractivity contribution is 5.89. The van der Waals surface area contributed by atoms with Crippen molar-refractivity contribution in [1.82, 2.24) is 4.98 Å². The first-order chi connectivity index (χ1) is 9.20. The Morgan fingerprint density at radius 2 is 1.74 bits per heavy atom. The van der Waals surface area contributed by atoms with E-state index in [-0.39, 0.29) is 0 Å². The van der Waals surface area contributed by atoms with Crippen LogP contribution in [0.4, 0.5) is 5.69 Å². The van der Waals surface area contributed by atoms with Gasteiger partial charge < -0.3 is 4.90 Å². The van der Waals surface area contributed by atoms with Gasteiger partial charge >= 0.3 is 0 Å². The molecule has 1 heterocycles. The highest BCUT2D eigenvalue weighted by Gasteiger charge is 2.00. The van der Waals surface area contributed by atoms with Crippen molar-refractivity contribution in [2.75, 3.05) is 19.0 Å². The molecule has 1 aromatic carbocycles. The summed E-state index contributed by atoms with van der Waals surface area (Å²) in [4.78, 5) is 6.00. The lowest BCUT2D eigenvalue weighted by Gasteiger charge is -2.11. The number of hydrogen-bond donors (Lipinski definition) is 0. The summed E-state index contributed by atoms with van der Waals surface area (Å²) in [6.07, 6.45) is 5.26. The molecule has 94 valence electrons. The summed E-state index contributed by atoms with van der Waals surface area (Å²) in [5.41, 5.74) is 3.67. The molecule has 0 bridgehead atoms. The number of benzene rings is 1. The second kappa shape index (κ2) is 5.83. The molecule has 0 amide bonds. The van der Waals surface area contributed by atoms with Crippen molar-refractivity contribution in [3.63, 3.8) is 0 Å². The zero-order chi connectivity index (χ0) is 13.7. The van der Waals surface area contributed by atoms with Gasteiger partial charge in [0.15, 0.2) is 0 Å². The molecule has 1 aromatic heterocycles. The number of anilines is 1. The summed E-state index contributed by atoms with van der Waals surface area (Å²) in [5, 5.41) is 9.24. The van der Waals surface area contributed by atoms with Gasteiger partial charge in [-0.1, -0.05) is 12.1 Å². The van der Waals surface area contributed by atoms with Gasteiger partial charge in [-0.2, -0.15) is 5.26 Å². The predicted octanol–water partition coefficient (Wildman–Crippen LogP) is 3.21. The normalized spacial score (nSPS) is 10.9. The minimum atomic E-state index is 0.639. The SMILES string of the molecule is CN(C)c1ccc(/C=C(/C#N)c2ccncc2)cc1. The molecule has 0 radical (unpaired) electrons. The van der Waals surface area contributed by atoms with Crippen LogP contribution in [0.25, 0.3) is 11.6 Å². The second-order valence-corrected chi connectivity index (χ2v) is 4.39. The van der Waals surface area contributed by atoms with Gasteiger partial charge in [0.05, 0.1) is 11.6 Å². The van der Waals surface area contributed by atoms with Gasteiger partial charge in [-0.15, -0.1) is 0 Å². The summed E-state index contributed by atoms with van der Waals surface area (Å²) in [5.74, 6) is 0. The number of aromatic nitrogens is 1. The quantitative estimate of drug-likeness (QED) is 0.784. The molecule has 3 nitrogen and oxygen atoms in total. The monoisotopic (exact) mass is 249 g/mol. The van der Waals surface area contributed by atoms with E-state index in [9.17, 15) is 5.26 Å². The number of rotatable bonds is 3. The first-order valence-electron chi connectivity index (χ1n) is 6.00. The Labute approximate surface area is 113 Å². The minimum absolute atomic E-state index is 0.639. The topological polar surface area (TPSA) is 39.9 Å². The van der Waals surface area contributed by atoms with Gasteiger partial charge in [0.2, 0.25) is 0 Å². The smallest absolute Gasteiger partial charge is 0.0998 e. The molecule has 19 heavy (non-hydrogen) atoms. The lowest BCUT2D eigenvalue weighted by Crippen LogP contribution is -2.07. The van der Waals surface area contributed by atoms with E-state index in [0.717, 1.165) is 16.8 Å². The van der Waals surface area contributed by atoms with E-state index in [0.29, 0.717) is 5.57 Å². The third-order valence-corrected chi connectivity index (χ3v) is 2.83. The molecule has 0 saturated carbocycles. The zero-order valence-electron chi connectivity index (χ0n) is 11.0. The van der Waals surface area contributed by atoms with Gasteiger partial charge in [-0.25, -0.2) is 0 Å². The molecular weight excluding hydrogens is 234 g/mol. The fourth-order valence-electron chi connectivity index (χ4n) is 1.75. The summed E-state index contributed by atoms with van der Waals surface area (Å²) in [7, 11) is 4.01. The molecule has 0 fully saturated rings. The lowest BCUT2D eigenvalue weighted by molar-refractivity contribution is 1.13. The van der Waals surface area contributed by atoms with Crippen LogP contribution < -0.4 is 4.90 Å². The van der Waals surface area contributed by atoms with E-state index in [2.05, 4.69) is 11.1 Å². The lowest BCUT2D eigenvalue weighted by atomic mass is 10.1. The highest BCUT2D eigenvalue weighted by atomic mass is 15.1. The van der Waals surface area contributed by atoms with Crippen molar-refractivity contribution >= 4 is 17.3 Å². The van der Waals surface area contributed by atoms with Crippen LogP contribution >= 0.6 is 0 Å². The minimum Gasteiger partial charge on any atom is -0.378 e. The van der Waals surface area contributed by atoms with Crippen LogP contribution in [0.1, 0.15) is 11.1 Å². The van der Waals surface area contributed by atoms with Crippen LogP contribution in [0.15, 0.2) is 48.8 Å². The first kappa shape index (κ1) is 12.8. The Morgan fingerprint density at radius 3 is 2.26 bits per heavy atom. The van der Waals surface area contributed by atoms with Crippen LogP contribution in [0.5, 0.6) is 0 Å². The van der Waals surface area contributed by atoms with E-state index in [1.54, 1.807) is 12.4 Å². The van der Waals surface area contributed by atoms with Gasteiger partial charge in [0.25, 0.3) is 0 Å². The van der Waals surface area contributed by atoms with E-state index < -0.39 is 0 Å². The molecule has 0 aliphatic rings. The van der Waals surface area contributed by atoms with Gasteiger partial charge in [-0.05, 0) is 41.5 Å². The van der Waals surface area contributed by atoms with Crippen molar-refractivity contribution < 1.29 is 0 Å². The third kappa shape index (κ3) is 3.20. The molecule has 0 saturated heterocycles. The van der Waals surface area contributed by atoms with Crippen molar-refractivity contribution in [3.05, 3.63) is 59.9 Å². The Balaban J connectivity index is 2.31. The van der Waals surface area contributed by atoms with Gasteiger partial charge in [0, 0.05) is 32.2 Å². The molecule has 2 rings (SSSR count). The second-order valence-electron chi connectivity index (χ2n) is 4.39. The zero-order valence-corrected chi connectivity index (χ0v) is 11.0. The van der Waals surface area contributed by atoms with E-state index >= 15 is 0 Å². The van der Waals surface area contributed by atoms with E-state index in [1.807, 2.05) is 61.5 Å². The predicted molar refractivity (Wildman–Crippen MR) is 78.5 cm³/mol. The van der Waals surface area contributed by atoms with Crippen LogP contribution in [0.3, 0.4) is 0 Å². The molecule has 0 aliphatic heterocycles. The number of hydrogen-bond acceptors (Lipinski definition) is 3. The van der Waals surface area contributed by atoms with Crippen LogP contribution in [0.2, 0.25) is 0 Å². The Hall–Kier alpha value is -2.60. The number of nitriles is 1. The molecule has 0 spiro atoms. The first-order valence-corrected chi connectivity index (χ1v) is 6.00. The number of allylic oxidation sites excluding steroid dienone is 1. The average Bonchev–Trinajstić information content (AvgIpc) is 2.46. The maximum absolute atomic E-state index is 9.24. The fraction of sp³-hybridized carbons (Fsp3) is 0.125. The molecular formula is C16H15N3. The molecule has 0 atom stereocenters. The molecule has 3 heteroatoms. The maximum Gasteiger partial charge on any atom is 0.0998 e. The molecule has 0 unspecified atom stereocenters. The summed E-state index contributed by atoms with van der Waals surface area (Å²) >= 11 is 0. The van der Waals surface area contributed by atoms with E-state index in [1.165, 1.54) is 0 Å². The third-order valence-electron chi connectivity index (χ3n) is 2.83. The van der Waals surface area contributed by atoms with Crippen molar-refractivity contribution in [2.45, 2.75) is 0 Å².